The molecule has 2 rings (SSSR count). The summed E-state index contributed by atoms with van der Waals surface area (Å²) in [4.78, 5) is 4.28. The van der Waals surface area contributed by atoms with Crippen molar-refractivity contribution in [1.82, 2.24) is 4.98 Å². The summed E-state index contributed by atoms with van der Waals surface area (Å²) in [6, 6.07) is 13.9. The van der Waals surface area contributed by atoms with Gasteiger partial charge in [0.2, 0.25) is 0 Å². The molecule has 0 spiro atoms. The van der Waals surface area contributed by atoms with Gasteiger partial charge in [0.25, 0.3) is 0 Å². The van der Waals surface area contributed by atoms with Gasteiger partial charge in [0, 0.05) is 24.2 Å². The van der Waals surface area contributed by atoms with Crippen LogP contribution >= 0.6 is 0 Å². The topological polar surface area (TPSA) is 12.9 Å². The lowest BCUT2D eigenvalue weighted by Gasteiger charge is -1.99. The molecule has 0 aliphatic carbocycles. The summed E-state index contributed by atoms with van der Waals surface area (Å²) in [7, 11) is 0. The maximum atomic E-state index is 4.28. The molecule has 0 N–H and O–H groups in total. The summed E-state index contributed by atoms with van der Waals surface area (Å²) in [6.07, 6.45) is 1.79. The van der Waals surface area contributed by atoms with Crippen LogP contribution in [-0.4, -0.2) is 4.98 Å². The number of hydrogen-bond acceptors (Lipinski definition) is 1. The second-order valence-corrected chi connectivity index (χ2v) is 3.09. The molecule has 0 atom stereocenters. The highest BCUT2D eigenvalue weighted by atomic mass is 14.7. The first-order chi connectivity index (χ1) is 7.40. The van der Waals surface area contributed by atoms with Crippen molar-refractivity contribution in [3.63, 3.8) is 0 Å². The van der Waals surface area contributed by atoms with E-state index in [9.17, 15) is 0 Å². The minimum Gasteiger partial charge on any atom is -0.256 e. The minimum absolute atomic E-state index is 0.977. The molecule has 71 valence electrons. The minimum atomic E-state index is 0.977. The van der Waals surface area contributed by atoms with Crippen molar-refractivity contribution < 1.29 is 0 Å². The Morgan fingerprint density at radius 2 is 1.80 bits per heavy atom. The van der Waals surface area contributed by atoms with Gasteiger partial charge in [0.1, 0.15) is 0 Å². The highest BCUT2D eigenvalue weighted by Gasteiger charge is 1.96. The molecular weight excluding hydrogens is 182 g/mol. The van der Waals surface area contributed by atoms with E-state index in [1.54, 1.807) is 6.20 Å². The fourth-order valence-electron chi connectivity index (χ4n) is 1.36. The van der Waals surface area contributed by atoms with Crippen molar-refractivity contribution in [2.24, 2.45) is 0 Å². The maximum Gasteiger partial charge on any atom is 0.0701 e. The molecule has 1 nitrogen and oxygen atoms in total. The molecule has 15 heavy (non-hydrogen) atoms. The lowest BCUT2D eigenvalue weighted by molar-refractivity contribution is 1.33. The molecule has 0 saturated carbocycles. The van der Waals surface area contributed by atoms with Crippen molar-refractivity contribution in [3.05, 3.63) is 61.1 Å². The SMILES string of the molecule is [CH2]C#Cc1ccc(-c2ccccn2)cc1. The maximum absolute atomic E-state index is 4.28. The Balaban J connectivity index is 2.35. The molecule has 0 amide bonds. The molecule has 0 aliphatic heterocycles. The Bertz CT molecular complexity index is 486. The Morgan fingerprint density at radius 3 is 2.40 bits per heavy atom. The first-order valence-electron chi connectivity index (χ1n) is 4.70. The van der Waals surface area contributed by atoms with Crippen molar-refractivity contribution in [2.45, 2.75) is 0 Å². The number of rotatable bonds is 1. The van der Waals surface area contributed by atoms with Crippen molar-refractivity contribution >= 4 is 0 Å². The molecule has 0 aliphatic rings. The van der Waals surface area contributed by atoms with Crippen LogP contribution in [0.5, 0.6) is 0 Å². The van der Waals surface area contributed by atoms with Gasteiger partial charge in [-0.25, -0.2) is 0 Å². The largest absolute Gasteiger partial charge is 0.256 e. The zero-order valence-corrected chi connectivity index (χ0v) is 8.27. The average Bonchev–Trinajstić information content (AvgIpc) is 2.32. The fraction of sp³-hybridized carbons (Fsp3) is 0. The van der Waals surface area contributed by atoms with E-state index in [1.807, 2.05) is 42.5 Å². The smallest absolute Gasteiger partial charge is 0.0701 e. The molecule has 0 bridgehead atoms. The molecule has 1 aromatic carbocycles. The van der Waals surface area contributed by atoms with Gasteiger partial charge in [-0.05, 0) is 24.3 Å². The number of aromatic nitrogens is 1. The quantitative estimate of drug-likeness (QED) is 0.633. The zero-order chi connectivity index (χ0) is 10.5. The van der Waals surface area contributed by atoms with Gasteiger partial charge < -0.3 is 0 Å². The summed E-state index contributed by atoms with van der Waals surface area (Å²) in [5.41, 5.74) is 3.06. The van der Waals surface area contributed by atoms with Crippen LogP contribution in [-0.2, 0) is 0 Å². The molecule has 0 unspecified atom stereocenters. The van der Waals surface area contributed by atoms with Crippen LogP contribution < -0.4 is 0 Å². The van der Waals surface area contributed by atoms with Gasteiger partial charge in [-0.1, -0.05) is 30.0 Å². The van der Waals surface area contributed by atoms with E-state index in [4.69, 9.17) is 0 Å². The van der Waals surface area contributed by atoms with E-state index < -0.39 is 0 Å². The van der Waals surface area contributed by atoms with Gasteiger partial charge >= 0.3 is 0 Å². The number of hydrogen-bond donors (Lipinski definition) is 0. The van der Waals surface area contributed by atoms with Gasteiger partial charge in [-0.3, -0.25) is 4.98 Å². The van der Waals surface area contributed by atoms with E-state index in [0.29, 0.717) is 0 Å². The Kier molecular flexibility index (Phi) is 2.80. The van der Waals surface area contributed by atoms with Crippen LogP contribution in [0.3, 0.4) is 0 Å². The highest BCUT2D eigenvalue weighted by molar-refractivity contribution is 5.60. The van der Waals surface area contributed by atoms with Crippen LogP contribution in [0.2, 0.25) is 0 Å². The molecule has 2 aromatic rings. The second kappa shape index (κ2) is 4.43. The molecule has 1 heteroatoms. The third-order valence-electron chi connectivity index (χ3n) is 2.08. The number of benzene rings is 1. The highest BCUT2D eigenvalue weighted by Crippen LogP contribution is 2.16. The van der Waals surface area contributed by atoms with Crippen molar-refractivity contribution in [1.29, 1.82) is 0 Å². The van der Waals surface area contributed by atoms with Crippen LogP contribution in [0.15, 0.2) is 48.7 Å². The second-order valence-electron chi connectivity index (χ2n) is 3.09. The van der Waals surface area contributed by atoms with Crippen LogP contribution in [0.1, 0.15) is 5.56 Å². The third kappa shape index (κ3) is 2.24. The van der Waals surface area contributed by atoms with Crippen LogP contribution in [0, 0.1) is 18.8 Å². The average molecular weight is 192 g/mol. The molecular formula is C14H10N. The predicted octanol–water partition coefficient (Wildman–Crippen LogP) is 2.93. The molecule has 1 aromatic heterocycles. The van der Waals surface area contributed by atoms with E-state index >= 15 is 0 Å². The summed E-state index contributed by atoms with van der Waals surface area (Å²) in [6.45, 7) is 3.49. The monoisotopic (exact) mass is 192 g/mol. The zero-order valence-electron chi connectivity index (χ0n) is 8.27. The molecule has 1 radical (unpaired) electrons. The summed E-state index contributed by atoms with van der Waals surface area (Å²) < 4.78 is 0. The normalized spacial score (nSPS) is 9.13. The number of pyridine rings is 1. The van der Waals surface area contributed by atoms with E-state index in [-0.39, 0.29) is 0 Å². The summed E-state index contributed by atoms with van der Waals surface area (Å²) in [5, 5.41) is 0. The first kappa shape index (κ1) is 9.48. The fourth-order valence-corrected chi connectivity index (χ4v) is 1.36. The van der Waals surface area contributed by atoms with Crippen LogP contribution in [0.4, 0.5) is 0 Å². The van der Waals surface area contributed by atoms with E-state index in [0.717, 1.165) is 16.8 Å². The van der Waals surface area contributed by atoms with E-state index in [2.05, 4.69) is 23.7 Å². The Labute approximate surface area is 89.8 Å². The lowest BCUT2D eigenvalue weighted by Crippen LogP contribution is -1.82. The summed E-state index contributed by atoms with van der Waals surface area (Å²) in [5.74, 6) is 5.53. The Morgan fingerprint density at radius 1 is 1.00 bits per heavy atom. The van der Waals surface area contributed by atoms with E-state index in [1.165, 1.54) is 0 Å². The Hall–Kier alpha value is -2.07. The van der Waals surface area contributed by atoms with Gasteiger partial charge in [0.05, 0.1) is 5.69 Å². The molecule has 1 heterocycles. The first-order valence-corrected chi connectivity index (χ1v) is 4.70. The molecule has 0 fully saturated rings. The van der Waals surface area contributed by atoms with Crippen LogP contribution in [0.25, 0.3) is 11.3 Å². The van der Waals surface area contributed by atoms with Gasteiger partial charge in [0.15, 0.2) is 0 Å². The van der Waals surface area contributed by atoms with Crippen molar-refractivity contribution in [2.75, 3.05) is 0 Å². The standard InChI is InChI=1S/C14H10N/c1-2-5-12-7-9-13(10-8-12)14-6-3-4-11-15-14/h3-4,6-11H,1H2. The predicted molar refractivity (Wildman–Crippen MR) is 61.9 cm³/mol. The third-order valence-corrected chi connectivity index (χ3v) is 2.08. The van der Waals surface area contributed by atoms with Crippen molar-refractivity contribution in [3.8, 4) is 23.1 Å². The number of nitrogens with zero attached hydrogens (tertiary/aromatic N) is 1. The lowest BCUT2D eigenvalue weighted by atomic mass is 10.1. The molecule has 0 saturated heterocycles. The van der Waals surface area contributed by atoms with Gasteiger partial charge in [-0.2, -0.15) is 0 Å². The van der Waals surface area contributed by atoms with Gasteiger partial charge in [-0.15, -0.1) is 0 Å². The summed E-state index contributed by atoms with van der Waals surface area (Å²) >= 11 is 0.